The molecule has 1 aromatic rings. The van der Waals surface area contributed by atoms with Crippen molar-refractivity contribution in [1.82, 2.24) is 0 Å². The topological polar surface area (TPSA) is 114 Å². The maximum atomic E-state index is 12.5. The van der Waals surface area contributed by atoms with E-state index in [4.69, 9.17) is 18.9 Å². The summed E-state index contributed by atoms with van der Waals surface area (Å²) in [6.45, 7) is 2.85. The maximum absolute atomic E-state index is 12.5. The zero-order chi connectivity index (χ0) is 20.4. The predicted molar refractivity (Wildman–Crippen MR) is 95.5 cm³/mol. The van der Waals surface area contributed by atoms with Gasteiger partial charge in [0.05, 0.1) is 45.7 Å². The van der Waals surface area contributed by atoms with Gasteiger partial charge in [0.15, 0.2) is 0 Å². The molecular formula is C18H25NO8. The first-order valence-electron chi connectivity index (χ1n) is 8.54. The fraction of sp³-hybridized carbons (Fsp3) is 0.556. The minimum absolute atomic E-state index is 0.0758. The Hall–Kier alpha value is -2.84. The third kappa shape index (κ3) is 6.12. The molecule has 9 nitrogen and oxygen atoms in total. The molecule has 2 atom stereocenters. The molecular weight excluding hydrogens is 358 g/mol. The van der Waals surface area contributed by atoms with E-state index >= 15 is 0 Å². The lowest BCUT2D eigenvalue weighted by atomic mass is 9.82. The summed E-state index contributed by atoms with van der Waals surface area (Å²) in [5, 5.41) is 11.3. The average Bonchev–Trinajstić information content (AvgIpc) is 2.64. The number of hydrogen-bond donors (Lipinski definition) is 0. The summed E-state index contributed by atoms with van der Waals surface area (Å²) in [7, 11) is 2.82. The molecule has 0 amide bonds. The fourth-order valence-electron chi connectivity index (χ4n) is 2.86. The molecule has 0 heterocycles. The first-order chi connectivity index (χ1) is 12.9. The van der Waals surface area contributed by atoms with Gasteiger partial charge in [0.1, 0.15) is 11.5 Å². The molecule has 150 valence electrons. The van der Waals surface area contributed by atoms with Gasteiger partial charge in [-0.2, -0.15) is 0 Å². The molecule has 0 N–H and O–H groups in total. The van der Waals surface area contributed by atoms with Crippen molar-refractivity contribution in [3.05, 3.63) is 33.9 Å². The molecule has 1 rings (SSSR count). The second kappa shape index (κ2) is 11.0. The molecule has 0 fully saturated rings. The van der Waals surface area contributed by atoms with Crippen LogP contribution in [-0.2, 0) is 19.1 Å². The fourth-order valence-corrected chi connectivity index (χ4v) is 2.86. The molecule has 0 bridgehead atoms. The minimum atomic E-state index is -1.13. The van der Waals surface area contributed by atoms with Crippen molar-refractivity contribution in [2.45, 2.75) is 26.2 Å². The van der Waals surface area contributed by atoms with Crippen molar-refractivity contribution in [3.63, 3.8) is 0 Å². The van der Waals surface area contributed by atoms with Crippen molar-refractivity contribution in [3.8, 4) is 11.5 Å². The number of carbonyl (C=O) groups excluding carboxylic acids is 2. The Morgan fingerprint density at radius 2 is 1.63 bits per heavy atom. The van der Waals surface area contributed by atoms with E-state index in [-0.39, 0.29) is 19.6 Å². The quantitative estimate of drug-likeness (QED) is 0.324. The van der Waals surface area contributed by atoms with Crippen LogP contribution < -0.4 is 9.47 Å². The molecule has 27 heavy (non-hydrogen) atoms. The summed E-state index contributed by atoms with van der Waals surface area (Å²) in [5.74, 6) is -2.85. The van der Waals surface area contributed by atoms with Gasteiger partial charge in [-0.05, 0) is 26.0 Å². The van der Waals surface area contributed by atoms with Gasteiger partial charge in [0, 0.05) is 10.5 Å². The Morgan fingerprint density at radius 3 is 2.07 bits per heavy atom. The lowest BCUT2D eigenvalue weighted by molar-refractivity contribution is -0.484. The van der Waals surface area contributed by atoms with Crippen LogP contribution in [-0.4, -0.2) is 50.8 Å². The van der Waals surface area contributed by atoms with Gasteiger partial charge in [0.2, 0.25) is 6.54 Å². The van der Waals surface area contributed by atoms with Crippen molar-refractivity contribution in [1.29, 1.82) is 0 Å². The molecule has 1 aromatic carbocycles. The number of ether oxygens (including phenoxy) is 4. The maximum Gasteiger partial charge on any atom is 0.310 e. The molecule has 0 saturated carbocycles. The Bertz CT molecular complexity index is 639. The number of carbonyl (C=O) groups is 2. The number of hydrogen-bond acceptors (Lipinski definition) is 8. The molecule has 0 saturated heterocycles. The second-order valence-corrected chi connectivity index (χ2v) is 5.57. The zero-order valence-corrected chi connectivity index (χ0v) is 15.9. The summed E-state index contributed by atoms with van der Waals surface area (Å²) >= 11 is 0. The first kappa shape index (κ1) is 22.2. The van der Waals surface area contributed by atoms with Crippen LogP contribution in [0.2, 0.25) is 0 Å². The second-order valence-electron chi connectivity index (χ2n) is 5.57. The van der Waals surface area contributed by atoms with Crippen LogP contribution in [0.25, 0.3) is 0 Å². The zero-order valence-electron chi connectivity index (χ0n) is 15.9. The van der Waals surface area contributed by atoms with Gasteiger partial charge in [-0.15, -0.1) is 0 Å². The van der Waals surface area contributed by atoms with Crippen LogP contribution in [0.15, 0.2) is 18.2 Å². The number of methoxy groups -OCH3 is 2. The van der Waals surface area contributed by atoms with E-state index in [0.29, 0.717) is 17.1 Å². The molecule has 9 heteroatoms. The largest absolute Gasteiger partial charge is 0.496 e. The first-order valence-corrected chi connectivity index (χ1v) is 8.54. The Kier molecular flexibility index (Phi) is 9.04. The molecule has 0 aliphatic heterocycles. The molecule has 0 aliphatic carbocycles. The Balaban J connectivity index is 3.48. The van der Waals surface area contributed by atoms with Crippen molar-refractivity contribution < 1.29 is 33.5 Å². The van der Waals surface area contributed by atoms with Gasteiger partial charge < -0.3 is 18.9 Å². The van der Waals surface area contributed by atoms with E-state index in [1.54, 1.807) is 32.0 Å². The summed E-state index contributed by atoms with van der Waals surface area (Å²) < 4.78 is 20.6. The Morgan fingerprint density at radius 1 is 1.07 bits per heavy atom. The number of benzene rings is 1. The summed E-state index contributed by atoms with van der Waals surface area (Å²) in [6.07, 6.45) is -0.355. The average molecular weight is 383 g/mol. The molecule has 1 unspecified atom stereocenters. The third-order valence-electron chi connectivity index (χ3n) is 3.95. The highest BCUT2D eigenvalue weighted by atomic mass is 16.6. The monoisotopic (exact) mass is 383 g/mol. The lowest BCUT2D eigenvalue weighted by Gasteiger charge is -2.25. The molecule has 0 aliphatic rings. The van der Waals surface area contributed by atoms with Crippen molar-refractivity contribution >= 4 is 11.9 Å². The summed E-state index contributed by atoms with van der Waals surface area (Å²) in [6, 6.07) is 4.88. The summed E-state index contributed by atoms with van der Waals surface area (Å²) in [5.41, 5.74) is 0.335. The summed E-state index contributed by atoms with van der Waals surface area (Å²) in [4.78, 5) is 35.4. The van der Waals surface area contributed by atoms with E-state index in [1.165, 1.54) is 14.2 Å². The van der Waals surface area contributed by atoms with Crippen LogP contribution in [0.3, 0.4) is 0 Å². The van der Waals surface area contributed by atoms with Gasteiger partial charge in [0.25, 0.3) is 0 Å². The van der Waals surface area contributed by atoms with Gasteiger partial charge >= 0.3 is 11.9 Å². The number of nitrogens with zero attached hydrogens (tertiary/aromatic N) is 1. The number of nitro groups is 1. The van der Waals surface area contributed by atoms with Crippen LogP contribution in [0.5, 0.6) is 11.5 Å². The van der Waals surface area contributed by atoms with Crippen molar-refractivity contribution in [2.75, 3.05) is 34.0 Å². The van der Waals surface area contributed by atoms with Crippen LogP contribution >= 0.6 is 0 Å². The van der Waals surface area contributed by atoms with Gasteiger partial charge in [-0.25, -0.2) is 0 Å². The number of esters is 2. The SMILES string of the molecule is CCOC(=O)CC(C(=O)OCC)[C@H](C[N+](=O)[O-])c1c(OC)cccc1OC. The van der Waals surface area contributed by atoms with E-state index in [0.717, 1.165) is 0 Å². The third-order valence-corrected chi connectivity index (χ3v) is 3.95. The smallest absolute Gasteiger partial charge is 0.310 e. The van der Waals surface area contributed by atoms with E-state index in [2.05, 4.69) is 0 Å². The highest BCUT2D eigenvalue weighted by molar-refractivity contribution is 5.81. The minimum Gasteiger partial charge on any atom is -0.496 e. The molecule has 0 radical (unpaired) electrons. The van der Waals surface area contributed by atoms with E-state index in [1.807, 2.05) is 0 Å². The predicted octanol–water partition coefficient (Wildman–Crippen LogP) is 2.20. The molecule has 0 aromatic heterocycles. The van der Waals surface area contributed by atoms with E-state index in [9.17, 15) is 19.7 Å². The number of rotatable bonds is 11. The molecule has 0 spiro atoms. The van der Waals surface area contributed by atoms with Gasteiger partial charge in [-0.1, -0.05) is 6.07 Å². The van der Waals surface area contributed by atoms with Crippen molar-refractivity contribution in [2.24, 2.45) is 5.92 Å². The highest BCUT2D eigenvalue weighted by Crippen LogP contribution is 2.40. The standard InChI is InChI=1S/C18H25NO8/c1-5-26-16(20)10-12(18(21)27-6-2)13(11-19(22)23)17-14(24-3)8-7-9-15(17)25-4/h7-9,12-13H,5-6,10-11H2,1-4H3/t12?,13-/m0/s1. The normalized spacial score (nSPS) is 12.6. The van der Waals surface area contributed by atoms with E-state index < -0.39 is 35.2 Å². The Labute approximate surface area is 157 Å². The van der Waals surface area contributed by atoms with Crippen LogP contribution in [0, 0.1) is 16.0 Å². The lowest BCUT2D eigenvalue weighted by Crippen LogP contribution is -2.32. The van der Waals surface area contributed by atoms with Gasteiger partial charge in [-0.3, -0.25) is 19.7 Å². The highest BCUT2D eigenvalue weighted by Gasteiger charge is 2.39. The van der Waals surface area contributed by atoms with Crippen LogP contribution in [0.4, 0.5) is 0 Å². The van der Waals surface area contributed by atoms with Crippen LogP contribution in [0.1, 0.15) is 31.7 Å².